The molecule has 31 heavy (non-hydrogen) atoms. The third kappa shape index (κ3) is 6.31. The predicted octanol–water partition coefficient (Wildman–Crippen LogP) is 4.59. The van der Waals surface area contributed by atoms with Gasteiger partial charge in [0.25, 0.3) is 5.69 Å². The molecule has 0 atom stereocenters. The molecule has 0 heterocycles. The molecule has 0 radical (unpaired) electrons. The molecule has 0 saturated carbocycles. The van der Waals surface area contributed by atoms with Crippen LogP contribution in [-0.2, 0) is 19.4 Å². The van der Waals surface area contributed by atoms with E-state index in [1.807, 2.05) is 0 Å². The van der Waals surface area contributed by atoms with Crippen molar-refractivity contribution in [3.05, 3.63) is 51.5 Å². The van der Waals surface area contributed by atoms with Crippen LogP contribution in [0, 0.1) is 10.1 Å². The molecule has 0 aliphatic rings. The van der Waals surface area contributed by atoms with Crippen LogP contribution in [0.5, 0.6) is 11.5 Å². The van der Waals surface area contributed by atoms with E-state index in [0.29, 0.717) is 13.0 Å². The first-order chi connectivity index (χ1) is 14.6. The first-order valence-corrected chi connectivity index (χ1v) is 11.3. The van der Waals surface area contributed by atoms with Crippen LogP contribution >= 0.6 is 11.6 Å². The van der Waals surface area contributed by atoms with Gasteiger partial charge in [0.05, 0.1) is 27.2 Å². The lowest BCUT2D eigenvalue weighted by Crippen LogP contribution is -2.13. The molecule has 2 aromatic carbocycles. The van der Waals surface area contributed by atoms with E-state index in [0.717, 1.165) is 0 Å². The Bertz CT molecular complexity index is 1070. The Kier molecular flexibility index (Phi) is 8.23. The van der Waals surface area contributed by atoms with Gasteiger partial charge in [0.1, 0.15) is 17.2 Å². The van der Waals surface area contributed by atoms with E-state index in [1.165, 1.54) is 43.5 Å². The van der Waals surface area contributed by atoms with E-state index in [2.05, 4.69) is 10.1 Å². The summed E-state index contributed by atoms with van der Waals surface area (Å²) >= 11 is 6.20. The fraction of sp³-hybridized carbons (Fsp3) is 0.350. The molecular formula is C20H23ClN2O7S. The van der Waals surface area contributed by atoms with Gasteiger partial charge >= 0.3 is 5.97 Å². The first-order valence-electron chi connectivity index (χ1n) is 9.36. The number of sulfone groups is 1. The summed E-state index contributed by atoms with van der Waals surface area (Å²) in [6, 6.07) is 8.27. The minimum atomic E-state index is -3.49. The SMILES string of the molecule is COC(=O)CCCNc1cc(Oc2ccc(S(=O)(=O)C(C)C)cc2Cl)ccc1[N+](=O)[O-]. The van der Waals surface area contributed by atoms with Crippen molar-refractivity contribution in [3.63, 3.8) is 0 Å². The number of nitro benzene ring substituents is 1. The first kappa shape index (κ1) is 24.4. The van der Waals surface area contributed by atoms with Crippen molar-refractivity contribution >= 4 is 38.8 Å². The number of rotatable bonds is 10. The summed E-state index contributed by atoms with van der Waals surface area (Å²) in [5, 5.41) is 13.7. The standard InChI is InChI=1S/C20H23ClN2O7S/c1-13(2)31(27,28)15-7-9-19(16(21)12-15)30-14-6-8-18(23(25)26)17(11-14)22-10-4-5-20(24)29-3/h6-9,11-13,22H,4-5,10H2,1-3H3. The molecule has 168 valence electrons. The Labute approximate surface area is 185 Å². The van der Waals surface area contributed by atoms with Crippen LogP contribution in [0.2, 0.25) is 5.02 Å². The van der Waals surface area contributed by atoms with Gasteiger partial charge in [0, 0.05) is 25.1 Å². The second-order valence-electron chi connectivity index (χ2n) is 6.83. The minimum Gasteiger partial charge on any atom is -0.469 e. The summed E-state index contributed by atoms with van der Waals surface area (Å²) in [7, 11) is -2.20. The minimum absolute atomic E-state index is 0.0801. The van der Waals surface area contributed by atoms with Crippen LogP contribution in [0.1, 0.15) is 26.7 Å². The molecule has 0 amide bonds. The fourth-order valence-electron chi connectivity index (χ4n) is 2.58. The number of nitrogens with zero attached hydrogens (tertiary/aromatic N) is 1. The van der Waals surface area contributed by atoms with Crippen LogP contribution in [0.4, 0.5) is 11.4 Å². The Balaban J connectivity index is 2.21. The predicted molar refractivity (Wildman–Crippen MR) is 117 cm³/mol. The number of hydrogen-bond acceptors (Lipinski definition) is 8. The van der Waals surface area contributed by atoms with Gasteiger partial charge in [-0.25, -0.2) is 8.42 Å². The Hall–Kier alpha value is -2.85. The Morgan fingerprint density at radius 1 is 1.23 bits per heavy atom. The van der Waals surface area contributed by atoms with Crippen LogP contribution in [0.3, 0.4) is 0 Å². The number of benzene rings is 2. The smallest absolute Gasteiger partial charge is 0.305 e. The van der Waals surface area contributed by atoms with Crippen molar-refractivity contribution in [1.82, 2.24) is 0 Å². The fourth-order valence-corrected chi connectivity index (χ4v) is 3.95. The van der Waals surface area contributed by atoms with Gasteiger partial charge in [-0.1, -0.05) is 11.6 Å². The number of ether oxygens (including phenoxy) is 2. The van der Waals surface area contributed by atoms with Gasteiger partial charge in [-0.15, -0.1) is 0 Å². The summed E-state index contributed by atoms with van der Waals surface area (Å²) in [5.74, 6) is 0.100. The number of carbonyl (C=O) groups is 1. The average Bonchev–Trinajstić information content (AvgIpc) is 2.72. The third-order valence-electron chi connectivity index (χ3n) is 4.35. The number of hydrogen-bond donors (Lipinski definition) is 1. The summed E-state index contributed by atoms with van der Waals surface area (Å²) in [5.41, 5.74) is 0.0531. The van der Waals surface area contributed by atoms with E-state index in [9.17, 15) is 23.3 Å². The summed E-state index contributed by atoms with van der Waals surface area (Å²) in [4.78, 5) is 22.0. The molecule has 0 aliphatic heterocycles. The maximum absolute atomic E-state index is 12.3. The maximum Gasteiger partial charge on any atom is 0.305 e. The third-order valence-corrected chi connectivity index (χ3v) is 6.79. The number of methoxy groups -OCH3 is 1. The number of nitrogens with one attached hydrogen (secondary N) is 1. The highest BCUT2D eigenvalue weighted by Crippen LogP contribution is 2.35. The van der Waals surface area contributed by atoms with Crippen LogP contribution in [0.25, 0.3) is 0 Å². The highest BCUT2D eigenvalue weighted by molar-refractivity contribution is 7.92. The molecule has 2 aromatic rings. The molecule has 9 nitrogen and oxygen atoms in total. The van der Waals surface area contributed by atoms with Crippen molar-refractivity contribution in [2.45, 2.75) is 36.8 Å². The maximum atomic E-state index is 12.3. The normalized spacial score (nSPS) is 11.3. The number of halogens is 1. The molecule has 0 spiro atoms. The highest BCUT2D eigenvalue weighted by atomic mass is 35.5. The molecule has 0 unspecified atom stereocenters. The lowest BCUT2D eigenvalue weighted by Gasteiger charge is -2.13. The Morgan fingerprint density at radius 2 is 1.94 bits per heavy atom. The molecule has 0 aliphatic carbocycles. The molecule has 11 heteroatoms. The van der Waals surface area contributed by atoms with Gasteiger partial charge in [-0.05, 0) is 44.5 Å². The van der Waals surface area contributed by atoms with Crippen LogP contribution in [-0.4, -0.2) is 38.2 Å². The van der Waals surface area contributed by atoms with Gasteiger partial charge < -0.3 is 14.8 Å². The molecule has 1 N–H and O–H groups in total. The van der Waals surface area contributed by atoms with Gasteiger partial charge in [-0.3, -0.25) is 14.9 Å². The van der Waals surface area contributed by atoms with Crippen molar-refractivity contribution in [1.29, 1.82) is 0 Å². The monoisotopic (exact) mass is 470 g/mol. The second kappa shape index (κ2) is 10.5. The average molecular weight is 471 g/mol. The topological polar surface area (TPSA) is 125 Å². The van der Waals surface area contributed by atoms with Gasteiger partial charge in [-0.2, -0.15) is 0 Å². The number of esters is 1. The number of anilines is 1. The van der Waals surface area contributed by atoms with Crippen LogP contribution in [0.15, 0.2) is 41.3 Å². The zero-order valence-corrected chi connectivity index (χ0v) is 18.8. The van der Waals surface area contributed by atoms with Gasteiger partial charge in [0.15, 0.2) is 9.84 Å². The zero-order chi connectivity index (χ0) is 23.2. The summed E-state index contributed by atoms with van der Waals surface area (Å²) in [6.45, 7) is 3.45. The summed E-state index contributed by atoms with van der Waals surface area (Å²) < 4.78 is 34.8. The van der Waals surface area contributed by atoms with Gasteiger partial charge in [0.2, 0.25) is 0 Å². The quantitative estimate of drug-likeness (QED) is 0.231. The van der Waals surface area contributed by atoms with E-state index in [-0.39, 0.29) is 45.2 Å². The molecule has 0 saturated heterocycles. The van der Waals surface area contributed by atoms with Crippen LogP contribution < -0.4 is 10.1 Å². The van der Waals surface area contributed by atoms with E-state index in [1.54, 1.807) is 13.8 Å². The molecule has 0 fully saturated rings. The molecule has 0 bridgehead atoms. The van der Waals surface area contributed by atoms with E-state index >= 15 is 0 Å². The van der Waals surface area contributed by atoms with Crippen molar-refractivity contribution in [3.8, 4) is 11.5 Å². The highest BCUT2D eigenvalue weighted by Gasteiger charge is 2.21. The lowest BCUT2D eigenvalue weighted by atomic mass is 10.2. The number of carbonyl (C=O) groups excluding carboxylic acids is 1. The summed E-state index contributed by atoms with van der Waals surface area (Å²) in [6.07, 6.45) is 0.598. The molecule has 2 rings (SSSR count). The number of nitro groups is 1. The van der Waals surface area contributed by atoms with Crippen molar-refractivity contribution in [2.24, 2.45) is 0 Å². The molecular weight excluding hydrogens is 448 g/mol. The lowest BCUT2D eigenvalue weighted by molar-refractivity contribution is -0.384. The molecule has 0 aromatic heterocycles. The second-order valence-corrected chi connectivity index (χ2v) is 9.74. The zero-order valence-electron chi connectivity index (χ0n) is 17.3. The van der Waals surface area contributed by atoms with Crippen molar-refractivity contribution in [2.75, 3.05) is 19.0 Å². The Morgan fingerprint density at radius 3 is 2.52 bits per heavy atom. The van der Waals surface area contributed by atoms with Crippen molar-refractivity contribution < 1.29 is 27.6 Å². The van der Waals surface area contributed by atoms with E-state index < -0.39 is 20.0 Å². The largest absolute Gasteiger partial charge is 0.469 e. The van der Waals surface area contributed by atoms with E-state index in [4.69, 9.17) is 16.3 Å².